The highest BCUT2D eigenvalue weighted by Crippen LogP contribution is 2.30. The van der Waals surface area contributed by atoms with Gasteiger partial charge in [-0.05, 0) is 24.6 Å². The summed E-state index contributed by atoms with van der Waals surface area (Å²) < 4.78 is 11.0. The molecule has 0 unspecified atom stereocenters. The first kappa shape index (κ1) is 17.8. The standard InChI is InChI=1S/C18H25ClN2O3/c1-14(22)17(20-6-10-23-11-7-20)18(21-8-12-24-13-9-21)15-2-4-16(19)5-3-15/h2-5,17-18H,6-13H2,1H3/t17-,18-/m1/s1. The molecule has 132 valence electrons. The molecule has 5 nitrogen and oxygen atoms in total. The average molecular weight is 353 g/mol. The van der Waals surface area contributed by atoms with E-state index in [2.05, 4.69) is 9.80 Å². The molecule has 0 aromatic heterocycles. The van der Waals surface area contributed by atoms with E-state index in [9.17, 15) is 4.79 Å². The van der Waals surface area contributed by atoms with Crippen LogP contribution in [0.1, 0.15) is 18.5 Å². The van der Waals surface area contributed by atoms with Crippen LogP contribution in [0.2, 0.25) is 5.02 Å². The molecule has 24 heavy (non-hydrogen) atoms. The summed E-state index contributed by atoms with van der Waals surface area (Å²) in [5.41, 5.74) is 1.13. The summed E-state index contributed by atoms with van der Waals surface area (Å²) >= 11 is 6.07. The Morgan fingerprint density at radius 3 is 1.96 bits per heavy atom. The van der Waals surface area contributed by atoms with Crippen molar-refractivity contribution in [1.29, 1.82) is 0 Å². The fraction of sp³-hybridized carbons (Fsp3) is 0.611. The molecule has 2 aliphatic rings. The third-order valence-electron chi connectivity index (χ3n) is 4.81. The lowest BCUT2D eigenvalue weighted by Crippen LogP contribution is -2.55. The second-order valence-electron chi connectivity index (χ2n) is 6.35. The van der Waals surface area contributed by atoms with E-state index in [1.54, 1.807) is 6.92 Å². The zero-order chi connectivity index (χ0) is 16.9. The minimum atomic E-state index is -0.173. The monoisotopic (exact) mass is 352 g/mol. The van der Waals surface area contributed by atoms with E-state index < -0.39 is 0 Å². The first-order valence-corrected chi connectivity index (χ1v) is 8.94. The molecule has 0 spiro atoms. The molecule has 2 saturated heterocycles. The quantitative estimate of drug-likeness (QED) is 0.811. The zero-order valence-electron chi connectivity index (χ0n) is 14.1. The SMILES string of the molecule is CC(=O)[C@H]([C@@H](c1ccc(Cl)cc1)N1CCOCC1)N1CCOCC1. The Morgan fingerprint density at radius 1 is 0.958 bits per heavy atom. The summed E-state index contributed by atoms with van der Waals surface area (Å²) in [6.07, 6.45) is 0. The molecule has 0 aliphatic carbocycles. The van der Waals surface area contributed by atoms with Crippen LogP contribution < -0.4 is 0 Å². The van der Waals surface area contributed by atoms with Gasteiger partial charge >= 0.3 is 0 Å². The fourth-order valence-corrected chi connectivity index (χ4v) is 3.77. The largest absolute Gasteiger partial charge is 0.379 e. The van der Waals surface area contributed by atoms with Crippen LogP contribution in [0.5, 0.6) is 0 Å². The van der Waals surface area contributed by atoms with Crippen molar-refractivity contribution in [2.24, 2.45) is 0 Å². The lowest BCUT2D eigenvalue weighted by Gasteiger charge is -2.43. The summed E-state index contributed by atoms with van der Waals surface area (Å²) in [5.74, 6) is 0.198. The summed E-state index contributed by atoms with van der Waals surface area (Å²) in [6.45, 7) is 7.72. The molecule has 6 heteroatoms. The molecule has 0 radical (unpaired) electrons. The lowest BCUT2D eigenvalue weighted by molar-refractivity contribution is -0.128. The molecule has 1 aromatic rings. The molecule has 0 N–H and O–H groups in total. The van der Waals surface area contributed by atoms with Gasteiger partial charge in [-0.15, -0.1) is 0 Å². The van der Waals surface area contributed by atoms with Gasteiger partial charge in [0.05, 0.1) is 38.5 Å². The number of carbonyl (C=O) groups is 1. The zero-order valence-corrected chi connectivity index (χ0v) is 14.9. The summed E-state index contributed by atoms with van der Waals surface area (Å²) in [6, 6.07) is 7.73. The van der Waals surface area contributed by atoms with E-state index in [1.807, 2.05) is 24.3 Å². The van der Waals surface area contributed by atoms with Gasteiger partial charge in [-0.25, -0.2) is 0 Å². The van der Waals surface area contributed by atoms with Crippen molar-refractivity contribution in [3.63, 3.8) is 0 Å². The second-order valence-corrected chi connectivity index (χ2v) is 6.78. The minimum absolute atomic E-state index is 0.0155. The predicted molar refractivity (Wildman–Crippen MR) is 93.4 cm³/mol. The number of ether oxygens (including phenoxy) is 2. The molecule has 0 amide bonds. The van der Waals surface area contributed by atoms with E-state index >= 15 is 0 Å². The van der Waals surface area contributed by atoms with Crippen molar-refractivity contribution in [3.8, 4) is 0 Å². The van der Waals surface area contributed by atoms with Crippen LogP contribution in [0.4, 0.5) is 0 Å². The van der Waals surface area contributed by atoms with Crippen LogP contribution in [0, 0.1) is 0 Å². The minimum Gasteiger partial charge on any atom is -0.379 e. The Kier molecular flexibility index (Phi) is 6.25. The first-order valence-electron chi connectivity index (χ1n) is 8.56. The van der Waals surface area contributed by atoms with Crippen LogP contribution in [0.15, 0.2) is 24.3 Å². The van der Waals surface area contributed by atoms with Crippen LogP contribution in [0.3, 0.4) is 0 Å². The van der Waals surface area contributed by atoms with Gasteiger partial charge in [-0.1, -0.05) is 23.7 Å². The summed E-state index contributed by atoms with van der Waals surface area (Å²) in [7, 11) is 0. The van der Waals surface area contributed by atoms with Gasteiger partial charge in [0.1, 0.15) is 5.78 Å². The number of rotatable bonds is 5. The number of hydrogen-bond donors (Lipinski definition) is 0. The van der Waals surface area contributed by atoms with Crippen molar-refractivity contribution in [3.05, 3.63) is 34.9 Å². The van der Waals surface area contributed by atoms with Gasteiger partial charge in [-0.3, -0.25) is 14.6 Å². The molecule has 3 rings (SSSR count). The first-order chi connectivity index (χ1) is 11.7. The molecule has 0 bridgehead atoms. The van der Waals surface area contributed by atoms with Crippen LogP contribution in [-0.2, 0) is 14.3 Å². The number of Topliss-reactive ketones (excluding diaryl/α,β-unsaturated/α-hetero) is 1. The number of morpholine rings is 2. The highest BCUT2D eigenvalue weighted by molar-refractivity contribution is 6.30. The number of carbonyl (C=O) groups excluding carboxylic acids is 1. The third kappa shape index (κ3) is 4.16. The van der Waals surface area contributed by atoms with Gasteiger partial charge in [0.15, 0.2) is 0 Å². The normalized spacial score (nSPS) is 22.9. The highest BCUT2D eigenvalue weighted by atomic mass is 35.5. The Balaban J connectivity index is 1.93. The molecule has 2 fully saturated rings. The van der Waals surface area contributed by atoms with Gasteiger partial charge in [0.2, 0.25) is 0 Å². The number of nitrogens with zero attached hydrogens (tertiary/aromatic N) is 2. The third-order valence-corrected chi connectivity index (χ3v) is 5.06. The van der Waals surface area contributed by atoms with E-state index in [1.165, 1.54) is 0 Å². The number of hydrogen-bond acceptors (Lipinski definition) is 5. The van der Waals surface area contributed by atoms with E-state index in [0.29, 0.717) is 31.5 Å². The Bertz CT molecular complexity index is 540. The maximum absolute atomic E-state index is 12.6. The van der Waals surface area contributed by atoms with Crippen LogP contribution in [-0.4, -0.2) is 74.2 Å². The highest BCUT2D eigenvalue weighted by Gasteiger charge is 2.37. The number of halogens is 1. The Labute approximate surface area is 148 Å². The molecule has 2 atom stereocenters. The van der Waals surface area contributed by atoms with Gasteiger partial charge in [-0.2, -0.15) is 0 Å². The van der Waals surface area contributed by atoms with E-state index in [-0.39, 0.29) is 17.9 Å². The Hall–Kier alpha value is -0.980. The number of ketones is 1. The second kappa shape index (κ2) is 8.41. The van der Waals surface area contributed by atoms with Crippen molar-refractivity contribution < 1.29 is 14.3 Å². The molecule has 0 saturated carbocycles. The van der Waals surface area contributed by atoms with Crippen molar-refractivity contribution in [2.45, 2.75) is 19.0 Å². The average Bonchev–Trinajstić information content (AvgIpc) is 2.62. The molecular formula is C18H25ClN2O3. The molecule has 2 aliphatic heterocycles. The van der Waals surface area contributed by atoms with Crippen LogP contribution in [0.25, 0.3) is 0 Å². The van der Waals surface area contributed by atoms with Crippen molar-refractivity contribution >= 4 is 17.4 Å². The lowest BCUT2D eigenvalue weighted by atomic mass is 9.93. The maximum atomic E-state index is 12.6. The van der Waals surface area contributed by atoms with E-state index in [0.717, 1.165) is 31.7 Å². The summed E-state index contributed by atoms with van der Waals surface area (Å²) in [4.78, 5) is 17.2. The number of benzene rings is 1. The van der Waals surface area contributed by atoms with Gasteiger partial charge in [0, 0.05) is 31.2 Å². The predicted octanol–water partition coefficient (Wildman–Crippen LogP) is 2.00. The molecule has 1 aromatic carbocycles. The topological polar surface area (TPSA) is 42.0 Å². The van der Waals surface area contributed by atoms with Crippen molar-refractivity contribution in [2.75, 3.05) is 52.6 Å². The smallest absolute Gasteiger partial charge is 0.148 e. The summed E-state index contributed by atoms with van der Waals surface area (Å²) in [5, 5.41) is 0.713. The van der Waals surface area contributed by atoms with Crippen LogP contribution >= 0.6 is 11.6 Å². The van der Waals surface area contributed by atoms with Gasteiger partial charge < -0.3 is 9.47 Å². The Morgan fingerprint density at radius 2 is 1.46 bits per heavy atom. The van der Waals surface area contributed by atoms with Crippen molar-refractivity contribution in [1.82, 2.24) is 9.80 Å². The maximum Gasteiger partial charge on any atom is 0.148 e. The fourth-order valence-electron chi connectivity index (χ4n) is 3.64. The van der Waals surface area contributed by atoms with Gasteiger partial charge in [0.25, 0.3) is 0 Å². The molecule has 2 heterocycles. The van der Waals surface area contributed by atoms with E-state index in [4.69, 9.17) is 21.1 Å². The molecular weight excluding hydrogens is 328 g/mol.